The fourth-order valence-corrected chi connectivity index (χ4v) is 6.43. The summed E-state index contributed by atoms with van der Waals surface area (Å²) in [5, 5.41) is 0. The number of hydrogen-bond donors (Lipinski definition) is 0. The first-order chi connectivity index (χ1) is 22.4. The van der Waals surface area contributed by atoms with Crippen LogP contribution >= 0.6 is 0 Å². The third-order valence-electron chi connectivity index (χ3n) is 9.49. The minimum Gasteiger partial charge on any atom is -0.461 e. The SMILES string of the molecule is CCCCCCCCCCCCCCCCCCOCc1ccc(COCCCCCCCCCCCCCCCCCC)o1. The molecule has 3 heteroatoms. The molecule has 0 radical (unpaired) electrons. The van der Waals surface area contributed by atoms with Crippen LogP contribution in [0.4, 0.5) is 0 Å². The van der Waals surface area contributed by atoms with Crippen molar-refractivity contribution >= 4 is 0 Å². The van der Waals surface area contributed by atoms with Gasteiger partial charge < -0.3 is 13.9 Å². The molecule has 1 rings (SSSR count). The van der Waals surface area contributed by atoms with E-state index in [1.165, 1.54) is 193 Å². The van der Waals surface area contributed by atoms with Gasteiger partial charge >= 0.3 is 0 Å². The Morgan fingerprint density at radius 3 is 0.800 bits per heavy atom. The number of hydrogen-bond acceptors (Lipinski definition) is 3. The molecular formula is C42H80O3. The van der Waals surface area contributed by atoms with E-state index in [1.807, 2.05) is 12.1 Å². The summed E-state index contributed by atoms with van der Waals surface area (Å²) in [5.74, 6) is 1.85. The van der Waals surface area contributed by atoms with Gasteiger partial charge in [0.2, 0.25) is 0 Å². The zero-order valence-corrected chi connectivity index (χ0v) is 30.8. The van der Waals surface area contributed by atoms with E-state index in [0.717, 1.165) is 37.6 Å². The van der Waals surface area contributed by atoms with Gasteiger partial charge in [-0.2, -0.15) is 0 Å². The van der Waals surface area contributed by atoms with Gasteiger partial charge in [0.1, 0.15) is 24.7 Å². The van der Waals surface area contributed by atoms with Crippen LogP contribution in [0.2, 0.25) is 0 Å². The van der Waals surface area contributed by atoms with E-state index in [2.05, 4.69) is 13.8 Å². The largest absolute Gasteiger partial charge is 0.461 e. The van der Waals surface area contributed by atoms with Crippen LogP contribution in [0.15, 0.2) is 16.5 Å². The van der Waals surface area contributed by atoms with E-state index in [9.17, 15) is 0 Å². The van der Waals surface area contributed by atoms with Crippen molar-refractivity contribution in [2.75, 3.05) is 13.2 Å². The molecule has 0 fully saturated rings. The summed E-state index contributed by atoms with van der Waals surface area (Å²) in [6, 6.07) is 4.09. The molecule has 0 aliphatic rings. The molecule has 0 N–H and O–H groups in total. The molecule has 0 aliphatic carbocycles. The maximum Gasteiger partial charge on any atom is 0.129 e. The van der Waals surface area contributed by atoms with E-state index in [4.69, 9.17) is 13.9 Å². The molecule has 1 aromatic heterocycles. The molecule has 1 aromatic rings. The van der Waals surface area contributed by atoms with Gasteiger partial charge in [-0.25, -0.2) is 0 Å². The van der Waals surface area contributed by atoms with Gasteiger partial charge in [0.15, 0.2) is 0 Å². The summed E-state index contributed by atoms with van der Waals surface area (Å²) >= 11 is 0. The van der Waals surface area contributed by atoms with Crippen molar-refractivity contribution in [3.63, 3.8) is 0 Å². The molecule has 1 heterocycles. The molecule has 0 unspecified atom stereocenters. The summed E-state index contributed by atoms with van der Waals surface area (Å²) < 4.78 is 17.6. The summed E-state index contributed by atoms with van der Waals surface area (Å²) in [6.45, 7) is 7.43. The normalized spacial score (nSPS) is 11.6. The van der Waals surface area contributed by atoms with E-state index in [-0.39, 0.29) is 0 Å². The highest BCUT2D eigenvalue weighted by atomic mass is 16.5. The second-order valence-electron chi connectivity index (χ2n) is 14.1. The maximum absolute atomic E-state index is 5.90. The van der Waals surface area contributed by atoms with Crippen LogP contribution in [0.1, 0.15) is 231 Å². The Labute approximate surface area is 282 Å². The van der Waals surface area contributed by atoms with Crippen LogP contribution in [0, 0.1) is 0 Å². The zero-order valence-electron chi connectivity index (χ0n) is 30.8. The van der Waals surface area contributed by atoms with Crippen LogP contribution in [0.25, 0.3) is 0 Å². The van der Waals surface area contributed by atoms with Crippen LogP contribution in [0.3, 0.4) is 0 Å². The van der Waals surface area contributed by atoms with Gasteiger partial charge in [-0.3, -0.25) is 0 Å². The average Bonchev–Trinajstić information content (AvgIpc) is 3.51. The fourth-order valence-electron chi connectivity index (χ4n) is 6.43. The summed E-state index contributed by atoms with van der Waals surface area (Å²) in [4.78, 5) is 0. The highest BCUT2D eigenvalue weighted by Crippen LogP contribution is 2.16. The first kappa shape index (κ1) is 42.2. The van der Waals surface area contributed by atoms with E-state index in [1.54, 1.807) is 0 Å². The molecule has 3 nitrogen and oxygen atoms in total. The lowest BCUT2D eigenvalue weighted by Crippen LogP contribution is -1.96. The van der Waals surface area contributed by atoms with Gasteiger partial charge in [0, 0.05) is 13.2 Å². The molecule has 0 saturated carbocycles. The van der Waals surface area contributed by atoms with Crippen molar-refractivity contribution < 1.29 is 13.9 Å². The quantitative estimate of drug-likeness (QED) is 0.0680. The Hall–Kier alpha value is -0.800. The highest BCUT2D eigenvalue weighted by Gasteiger charge is 2.03. The van der Waals surface area contributed by atoms with Gasteiger partial charge in [-0.15, -0.1) is 0 Å². The number of rotatable bonds is 38. The molecule has 0 aromatic carbocycles. The molecule has 0 atom stereocenters. The Morgan fingerprint density at radius 1 is 0.333 bits per heavy atom. The number of ether oxygens (including phenoxy) is 2. The Morgan fingerprint density at radius 2 is 0.556 bits per heavy atom. The molecule has 0 bridgehead atoms. The van der Waals surface area contributed by atoms with Gasteiger partial charge in [0.25, 0.3) is 0 Å². The van der Waals surface area contributed by atoms with Crippen LogP contribution in [0.5, 0.6) is 0 Å². The topological polar surface area (TPSA) is 31.6 Å². The van der Waals surface area contributed by atoms with Crippen molar-refractivity contribution in [2.45, 2.75) is 233 Å². The zero-order chi connectivity index (χ0) is 32.1. The standard InChI is InChI=1S/C42H80O3/c1-3-5-7-9-11-13-15-17-19-21-23-25-27-29-31-33-37-43-39-41-35-36-42(45-41)40-44-38-34-32-30-28-26-24-22-20-18-16-14-12-10-8-6-4-2/h35-36H,3-34,37-40H2,1-2H3. The average molecular weight is 633 g/mol. The predicted molar refractivity (Wildman–Crippen MR) is 197 cm³/mol. The lowest BCUT2D eigenvalue weighted by Gasteiger charge is -2.05. The molecule has 266 valence electrons. The third-order valence-corrected chi connectivity index (χ3v) is 9.49. The van der Waals surface area contributed by atoms with E-state index < -0.39 is 0 Å². The Balaban J connectivity index is 1.76. The Kier molecular flexibility index (Phi) is 33.8. The van der Waals surface area contributed by atoms with E-state index >= 15 is 0 Å². The van der Waals surface area contributed by atoms with Crippen molar-refractivity contribution in [3.05, 3.63) is 23.7 Å². The van der Waals surface area contributed by atoms with Gasteiger partial charge in [-0.1, -0.05) is 206 Å². The van der Waals surface area contributed by atoms with Gasteiger partial charge in [-0.05, 0) is 25.0 Å². The lowest BCUT2D eigenvalue weighted by atomic mass is 10.0. The predicted octanol–water partition coefficient (Wildman–Crippen LogP) is 14.8. The minimum absolute atomic E-state index is 0.581. The minimum atomic E-state index is 0.581. The second kappa shape index (κ2) is 36.0. The molecule has 0 saturated heterocycles. The van der Waals surface area contributed by atoms with Crippen LogP contribution in [-0.4, -0.2) is 13.2 Å². The van der Waals surface area contributed by atoms with Gasteiger partial charge in [0.05, 0.1) is 0 Å². The second-order valence-corrected chi connectivity index (χ2v) is 14.1. The summed E-state index contributed by atoms with van der Waals surface area (Å²) in [5.41, 5.74) is 0. The Bertz CT molecular complexity index is 614. The van der Waals surface area contributed by atoms with E-state index in [0.29, 0.717) is 13.2 Å². The maximum atomic E-state index is 5.90. The fraction of sp³-hybridized carbons (Fsp3) is 0.905. The van der Waals surface area contributed by atoms with Crippen molar-refractivity contribution in [2.24, 2.45) is 0 Å². The highest BCUT2D eigenvalue weighted by molar-refractivity contribution is 5.05. The van der Waals surface area contributed by atoms with Crippen molar-refractivity contribution in [1.29, 1.82) is 0 Å². The van der Waals surface area contributed by atoms with Crippen LogP contribution < -0.4 is 0 Å². The molecular weight excluding hydrogens is 552 g/mol. The first-order valence-corrected chi connectivity index (χ1v) is 20.6. The number of furan rings is 1. The lowest BCUT2D eigenvalue weighted by molar-refractivity contribution is 0.0863. The first-order valence-electron chi connectivity index (χ1n) is 20.6. The molecule has 0 aliphatic heterocycles. The monoisotopic (exact) mass is 633 g/mol. The molecule has 0 amide bonds. The van der Waals surface area contributed by atoms with Crippen molar-refractivity contribution in [1.82, 2.24) is 0 Å². The third kappa shape index (κ3) is 31.6. The summed E-state index contributed by atoms with van der Waals surface area (Å²) in [7, 11) is 0. The smallest absolute Gasteiger partial charge is 0.129 e. The number of unbranched alkanes of at least 4 members (excludes halogenated alkanes) is 30. The summed E-state index contributed by atoms with van der Waals surface area (Å²) in [6.07, 6.45) is 44.9. The van der Waals surface area contributed by atoms with Crippen LogP contribution in [-0.2, 0) is 22.7 Å². The molecule has 0 spiro atoms. The molecule has 45 heavy (non-hydrogen) atoms. The van der Waals surface area contributed by atoms with Crippen molar-refractivity contribution in [3.8, 4) is 0 Å².